The van der Waals surface area contributed by atoms with Gasteiger partial charge in [0.05, 0.1) is 19.7 Å². The Morgan fingerprint density at radius 2 is 1.86 bits per heavy atom. The molecule has 1 fully saturated rings. The minimum Gasteiger partial charge on any atom is -0.395 e. The number of aliphatic hydroxyl groups excluding tert-OH is 1. The van der Waals surface area contributed by atoms with Gasteiger partial charge in [-0.25, -0.2) is 0 Å². The van der Waals surface area contributed by atoms with Crippen LogP contribution in [0.15, 0.2) is 42.5 Å². The van der Waals surface area contributed by atoms with Crippen LogP contribution in [0, 0.1) is 26.1 Å². The smallest absolute Gasteiger partial charge is 0.305 e. The predicted octanol–water partition coefficient (Wildman–Crippen LogP) is 0.353. The van der Waals surface area contributed by atoms with Gasteiger partial charge in [0.15, 0.2) is 5.78 Å². The largest absolute Gasteiger partial charge is 0.395 e. The lowest BCUT2D eigenvalue weighted by Gasteiger charge is -2.48. The van der Waals surface area contributed by atoms with Crippen molar-refractivity contribution in [2.45, 2.75) is 17.5 Å². The third-order valence-electron chi connectivity index (χ3n) is 5.64. The first-order chi connectivity index (χ1) is 13.3. The van der Waals surface area contributed by atoms with E-state index in [4.69, 9.17) is 0 Å². The number of aliphatic hydroxyl groups is 1. The Morgan fingerprint density at radius 1 is 1.18 bits per heavy atom. The second kappa shape index (κ2) is 7.21. The summed E-state index contributed by atoms with van der Waals surface area (Å²) in [6.07, 6.45) is 1.46. The summed E-state index contributed by atoms with van der Waals surface area (Å²) in [5, 5.41) is 33.3. The maximum atomic E-state index is 12.8. The third-order valence-corrected chi connectivity index (χ3v) is 5.64. The van der Waals surface area contributed by atoms with Gasteiger partial charge in [0.25, 0.3) is 5.54 Å². The Hall–Kier alpha value is -2.98. The normalized spacial score (nSPS) is 29.5. The van der Waals surface area contributed by atoms with Crippen LogP contribution in [0.5, 0.6) is 0 Å². The van der Waals surface area contributed by atoms with E-state index in [1.165, 1.54) is 17.0 Å². The van der Waals surface area contributed by atoms with Crippen LogP contribution in [0.25, 0.3) is 0 Å². The van der Waals surface area contributed by atoms with E-state index >= 15 is 0 Å². The topological polar surface area (TPSA) is 144 Å². The number of fused-ring (bicyclic) bond motifs is 2. The molecule has 1 heterocycles. The van der Waals surface area contributed by atoms with Crippen molar-refractivity contribution in [2.75, 3.05) is 26.2 Å². The molecule has 1 aliphatic heterocycles. The fraction of sp³-hybridized carbons (Fsp3) is 0.444. The summed E-state index contributed by atoms with van der Waals surface area (Å²) in [4.78, 5) is 49.4. The number of benzene rings is 1. The summed E-state index contributed by atoms with van der Waals surface area (Å²) in [5.41, 5.74) is -4.02. The second-order valence-corrected chi connectivity index (χ2v) is 7.11. The first kappa shape index (κ1) is 19.8. The zero-order chi connectivity index (χ0) is 20.5. The van der Waals surface area contributed by atoms with Crippen LogP contribution in [-0.4, -0.2) is 68.7 Å². The minimum atomic E-state index is -2.32. The highest BCUT2D eigenvalue weighted by Crippen LogP contribution is 2.46. The molecule has 10 heteroatoms. The molecule has 10 nitrogen and oxygen atoms in total. The first-order valence-electron chi connectivity index (χ1n) is 8.72. The van der Waals surface area contributed by atoms with E-state index < -0.39 is 51.4 Å². The number of carbonyl (C=O) groups excluding carboxylic acids is 2. The fourth-order valence-corrected chi connectivity index (χ4v) is 4.26. The molecule has 1 aromatic carbocycles. The molecule has 0 amide bonds. The molecule has 2 aliphatic rings. The van der Waals surface area contributed by atoms with Gasteiger partial charge < -0.3 is 5.11 Å². The summed E-state index contributed by atoms with van der Waals surface area (Å²) in [6.45, 7) is -1.04. The van der Waals surface area contributed by atoms with Gasteiger partial charge in [0, 0.05) is 28.4 Å². The van der Waals surface area contributed by atoms with Gasteiger partial charge in [-0.05, 0) is 12.2 Å². The van der Waals surface area contributed by atoms with Gasteiger partial charge in [-0.1, -0.05) is 30.3 Å². The summed E-state index contributed by atoms with van der Waals surface area (Å²) in [6, 6.07) is 7.98. The van der Waals surface area contributed by atoms with Gasteiger partial charge in [-0.3, -0.25) is 34.7 Å². The van der Waals surface area contributed by atoms with Crippen molar-refractivity contribution < 1.29 is 24.5 Å². The molecule has 3 rings (SSSR count). The van der Waals surface area contributed by atoms with E-state index in [-0.39, 0.29) is 25.3 Å². The molecule has 148 valence electrons. The monoisotopic (exact) mass is 389 g/mol. The second-order valence-electron chi connectivity index (χ2n) is 7.11. The maximum absolute atomic E-state index is 12.8. The number of β-amino-alcohol motifs (C(OH)–C–C–N with tert-alkyl or cyclic N) is 1. The average Bonchev–Trinajstić information content (AvgIpc) is 2.66. The lowest BCUT2D eigenvalue weighted by Crippen LogP contribution is -2.75. The van der Waals surface area contributed by atoms with Crippen molar-refractivity contribution in [1.82, 2.24) is 4.90 Å². The third kappa shape index (κ3) is 2.90. The first-order valence-corrected chi connectivity index (χ1v) is 8.72. The number of nitro groups is 2. The predicted molar refractivity (Wildman–Crippen MR) is 96.0 cm³/mol. The zero-order valence-electron chi connectivity index (χ0n) is 14.9. The molecule has 1 saturated heterocycles. The molecule has 0 spiro atoms. The highest BCUT2D eigenvalue weighted by molar-refractivity contribution is 6.01. The number of ketones is 2. The van der Waals surface area contributed by atoms with E-state index in [9.17, 15) is 34.9 Å². The SMILES string of the molecule is O=C(CC1C2([N+](=O)[O-])C=CC(=O)C1([N+](=O)[O-])CN(CCO)C2)c1ccccc1. The maximum Gasteiger partial charge on any atom is 0.305 e. The minimum absolute atomic E-state index is 0.0499. The molecule has 1 N–H and O–H groups in total. The summed E-state index contributed by atoms with van der Waals surface area (Å²) in [5.74, 6) is -2.81. The molecule has 0 aromatic heterocycles. The van der Waals surface area contributed by atoms with Crippen molar-refractivity contribution in [1.29, 1.82) is 0 Å². The molecular weight excluding hydrogens is 370 g/mol. The molecule has 1 aromatic rings. The van der Waals surface area contributed by atoms with Crippen LogP contribution >= 0.6 is 0 Å². The van der Waals surface area contributed by atoms with Gasteiger partial charge in [-0.2, -0.15) is 0 Å². The van der Waals surface area contributed by atoms with Crippen LogP contribution in [0.2, 0.25) is 0 Å². The molecule has 0 saturated carbocycles. The Morgan fingerprint density at radius 3 is 2.43 bits per heavy atom. The standard InChI is InChI=1S/C18H19N3O7/c22-9-8-19-11-17(20(25)26)7-6-16(24)18(12-19,21(27)28)15(17)10-14(23)13-4-2-1-3-5-13/h1-7,15,22H,8-12H2. The number of Topliss-reactive ketones (excluding diaryl/α,β-unsaturated/α-hetero) is 1. The summed E-state index contributed by atoms with van der Waals surface area (Å²) in [7, 11) is 0. The lowest BCUT2D eigenvalue weighted by molar-refractivity contribution is -0.623. The van der Waals surface area contributed by atoms with Crippen molar-refractivity contribution in [3.63, 3.8) is 0 Å². The van der Waals surface area contributed by atoms with E-state index in [0.29, 0.717) is 0 Å². The summed E-state index contributed by atoms with van der Waals surface area (Å²) >= 11 is 0. The van der Waals surface area contributed by atoms with Crippen LogP contribution in [0.4, 0.5) is 0 Å². The van der Waals surface area contributed by atoms with E-state index in [1.54, 1.807) is 18.2 Å². The molecule has 1 aliphatic carbocycles. The van der Waals surface area contributed by atoms with Gasteiger partial charge in [0.1, 0.15) is 5.92 Å². The number of hydrogen-bond acceptors (Lipinski definition) is 8. The van der Waals surface area contributed by atoms with Crippen LogP contribution in [-0.2, 0) is 4.79 Å². The molecule has 0 radical (unpaired) electrons. The van der Waals surface area contributed by atoms with Crippen molar-refractivity contribution in [3.05, 3.63) is 68.3 Å². The molecule has 3 unspecified atom stereocenters. The van der Waals surface area contributed by atoms with Crippen LogP contribution in [0.1, 0.15) is 16.8 Å². The lowest BCUT2D eigenvalue weighted by atomic mass is 9.60. The van der Waals surface area contributed by atoms with Gasteiger partial charge in [0.2, 0.25) is 5.78 Å². The van der Waals surface area contributed by atoms with Crippen molar-refractivity contribution >= 4 is 11.6 Å². The van der Waals surface area contributed by atoms with Gasteiger partial charge in [-0.15, -0.1) is 0 Å². The fourth-order valence-electron chi connectivity index (χ4n) is 4.26. The van der Waals surface area contributed by atoms with E-state index in [2.05, 4.69) is 0 Å². The number of hydrogen-bond donors (Lipinski definition) is 1. The number of piperidine rings is 1. The van der Waals surface area contributed by atoms with E-state index in [0.717, 1.165) is 12.2 Å². The quantitative estimate of drug-likeness (QED) is 0.400. The van der Waals surface area contributed by atoms with Crippen LogP contribution in [0.3, 0.4) is 0 Å². The number of rotatable bonds is 7. The van der Waals surface area contributed by atoms with E-state index in [1.807, 2.05) is 0 Å². The highest BCUT2D eigenvalue weighted by atomic mass is 16.6. The molecule has 28 heavy (non-hydrogen) atoms. The number of likely N-dealkylation sites (tertiary alicyclic amines) is 1. The molecule has 3 atom stereocenters. The number of nitrogens with zero attached hydrogens (tertiary/aromatic N) is 3. The van der Waals surface area contributed by atoms with Crippen molar-refractivity contribution in [3.8, 4) is 0 Å². The summed E-state index contributed by atoms with van der Waals surface area (Å²) < 4.78 is 0. The Balaban J connectivity index is 2.12. The Bertz CT molecular complexity index is 856. The molecular formula is C18H19N3O7. The molecule has 2 bridgehead atoms. The Labute approximate surface area is 159 Å². The zero-order valence-corrected chi connectivity index (χ0v) is 14.9. The average molecular weight is 389 g/mol. The number of carbonyl (C=O) groups is 2. The highest BCUT2D eigenvalue weighted by Gasteiger charge is 2.74. The Kier molecular flexibility index (Phi) is 5.09. The van der Waals surface area contributed by atoms with Gasteiger partial charge >= 0.3 is 5.54 Å². The van der Waals surface area contributed by atoms with Crippen LogP contribution < -0.4 is 0 Å². The van der Waals surface area contributed by atoms with Crippen molar-refractivity contribution in [2.24, 2.45) is 5.92 Å².